The van der Waals surface area contributed by atoms with Gasteiger partial charge in [-0.15, -0.1) is 0 Å². The predicted molar refractivity (Wildman–Crippen MR) is 270 cm³/mol. The van der Waals surface area contributed by atoms with Crippen molar-refractivity contribution in [3.05, 3.63) is 109 Å². The molecule has 6 heteroatoms. The summed E-state index contributed by atoms with van der Waals surface area (Å²) in [6, 6.07) is 0. The first kappa shape index (κ1) is 59.1. The zero-order chi connectivity index (χ0) is 45.8. The molecular formula is C57H92O6. The summed E-state index contributed by atoms with van der Waals surface area (Å²) in [7, 11) is 0. The van der Waals surface area contributed by atoms with E-state index in [1.165, 1.54) is 44.9 Å². The van der Waals surface area contributed by atoms with E-state index in [1.807, 2.05) is 0 Å². The molecule has 0 saturated heterocycles. The van der Waals surface area contributed by atoms with Crippen LogP contribution in [0.4, 0.5) is 0 Å². The second-order valence-corrected chi connectivity index (χ2v) is 16.4. The van der Waals surface area contributed by atoms with Gasteiger partial charge in [-0.05, 0) is 89.9 Å². The fraction of sp³-hybridized carbons (Fsp3) is 0.632. The first-order valence-electron chi connectivity index (χ1n) is 25.4. The molecule has 6 nitrogen and oxygen atoms in total. The second-order valence-electron chi connectivity index (χ2n) is 16.4. The van der Waals surface area contributed by atoms with E-state index in [0.29, 0.717) is 19.3 Å². The summed E-state index contributed by atoms with van der Waals surface area (Å²) in [5.41, 5.74) is 0. The molecule has 0 saturated carbocycles. The molecule has 0 spiro atoms. The number of ether oxygens (including phenoxy) is 3. The van der Waals surface area contributed by atoms with E-state index >= 15 is 0 Å². The summed E-state index contributed by atoms with van der Waals surface area (Å²) in [5.74, 6) is -0.949. The van der Waals surface area contributed by atoms with Gasteiger partial charge in [0.1, 0.15) is 13.2 Å². The molecule has 0 aliphatic rings. The molecule has 356 valence electrons. The third-order valence-electron chi connectivity index (χ3n) is 10.3. The van der Waals surface area contributed by atoms with Gasteiger partial charge in [0, 0.05) is 19.3 Å². The van der Waals surface area contributed by atoms with Crippen LogP contribution in [0.15, 0.2) is 109 Å². The van der Waals surface area contributed by atoms with E-state index in [9.17, 15) is 14.4 Å². The van der Waals surface area contributed by atoms with Crippen molar-refractivity contribution < 1.29 is 28.6 Å². The first-order chi connectivity index (χ1) is 31.0. The Kier molecular flexibility index (Phi) is 47.5. The number of hydrogen-bond acceptors (Lipinski definition) is 6. The Labute approximate surface area is 387 Å². The second kappa shape index (κ2) is 50.7. The summed E-state index contributed by atoms with van der Waals surface area (Å²) in [6.45, 7) is 6.36. The van der Waals surface area contributed by atoms with Crippen LogP contribution in [0.1, 0.15) is 213 Å². The maximum Gasteiger partial charge on any atom is 0.306 e. The van der Waals surface area contributed by atoms with Crippen LogP contribution in [0, 0.1) is 0 Å². The van der Waals surface area contributed by atoms with Crippen LogP contribution in [0.5, 0.6) is 0 Å². The Hall–Kier alpha value is -3.93. The van der Waals surface area contributed by atoms with Gasteiger partial charge in [0.25, 0.3) is 0 Å². The van der Waals surface area contributed by atoms with Crippen LogP contribution in [0.3, 0.4) is 0 Å². The van der Waals surface area contributed by atoms with E-state index in [-0.39, 0.29) is 31.1 Å². The molecule has 0 aromatic carbocycles. The molecule has 0 aromatic rings. The van der Waals surface area contributed by atoms with Crippen LogP contribution < -0.4 is 0 Å². The van der Waals surface area contributed by atoms with Crippen molar-refractivity contribution in [2.45, 2.75) is 219 Å². The molecule has 0 radical (unpaired) electrons. The van der Waals surface area contributed by atoms with Gasteiger partial charge in [0.2, 0.25) is 0 Å². The van der Waals surface area contributed by atoms with Gasteiger partial charge in [-0.2, -0.15) is 0 Å². The molecule has 0 aliphatic carbocycles. The molecule has 0 fully saturated rings. The van der Waals surface area contributed by atoms with Gasteiger partial charge in [-0.3, -0.25) is 14.4 Å². The van der Waals surface area contributed by atoms with Crippen LogP contribution in [-0.4, -0.2) is 37.2 Å². The molecule has 0 aromatic heterocycles. The molecule has 0 amide bonds. The molecule has 0 N–H and O–H groups in total. The van der Waals surface area contributed by atoms with Gasteiger partial charge in [0.05, 0.1) is 0 Å². The lowest BCUT2D eigenvalue weighted by atomic mass is 10.1. The molecule has 0 aliphatic heterocycles. The molecule has 0 rings (SSSR count). The largest absolute Gasteiger partial charge is 0.462 e. The molecular weight excluding hydrogens is 781 g/mol. The lowest BCUT2D eigenvalue weighted by Crippen LogP contribution is -2.30. The lowest BCUT2D eigenvalue weighted by Gasteiger charge is -2.18. The Morgan fingerprint density at radius 3 is 0.968 bits per heavy atom. The number of carbonyl (C=O) groups is 3. The van der Waals surface area contributed by atoms with E-state index < -0.39 is 6.10 Å². The summed E-state index contributed by atoms with van der Waals surface area (Å²) in [5, 5.41) is 0. The van der Waals surface area contributed by atoms with Crippen molar-refractivity contribution in [1.82, 2.24) is 0 Å². The molecule has 0 bridgehead atoms. The van der Waals surface area contributed by atoms with Crippen molar-refractivity contribution in [2.24, 2.45) is 0 Å². The number of carbonyl (C=O) groups excluding carboxylic acids is 3. The summed E-state index contributed by atoms with van der Waals surface area (Å²) >= 11 is 0. The Balaban J connectivity index is 4.13. The predicted octanol–water partition coefficient (Wildman–Crippen LogP) is 16.8. The van der Waals surface area contributed by atoms with Crippen LogP contribution in [0.25, 0.3) is 0 Å². The van der Waals surface area contributed by atoms with E-state index in [2.05, 4.69) is 130 Å². The van der Waals surface area contributed by atoms with Crippen molar-refractivity contribution in [3.8, 4) is 0 Å². The molecule has 1 unspecified atom stereocenters. The summed E-state index contributed by atoms with van der Waals surface area (Å²) in [6.07, 6.45) is 68.4. The quantitative estimate of drug-likeness (QED) is 0.0263. The Bertz CT molecular complexity index is 1330. The van der Waals surface area contributed by atoms with Crippen LogP contribution in [0.2, 0.25) is 0 Å². The van der Waals surface area contributed by atoms with Crippen molar-refractivity contribution in [1.29, 1.82) is 0 Å². The van der Waals surface area contributed by atoms with Crippen molar-refractivity contribution in [2.75, 3.05) is 13.2 Å². The Morgan fingerprint density at radius 1 is 0.333 bits per heavy atom. The fourth-order valence-electron chi connectivity index (χ4n) is 6.49. The number of allylic oxidation sites excluding steroid dienone is 18. The minimum atomic E-state index is -0.785. The molecule has 63 heavy (non-hydrogen) atoms. The van der Waals surface area contributed by atoms with Crippen molar-refractivity contribution >= 4 is 17.9 Å². The molecule has 1 atom stereocenters. The van der Waals surface area contributed by atoms with E-state index in [4.69, 9.17) is 14.2 Å². The fourth-order valence-corrected chi connectivity index (χ4v) is 6.49. The normalized spacial score (nSPS) is 13.0. The minimum absolute atomic E-state index is 0.0894. The minimum Gasteiger partial charge on any atom is -0.462 e. The maximum atomic E-state index is 12.6. The van der Waals surface area contributed by atoms with Gasteiger partial charge < -0.3 is 14.2 Å². The van der Waals surface area contributed by atoms with Crippen molar-refractivity contribution in [3.63, 3.8) is 0 Å². The maximum absolute atomic E-state index is 12.6. The number of esters is 3. The third-order valence-corrected chi connectivity index (χ3v) is 10.3. The monoisotopic (exact) mass is 873 g/mol. The topological polar surface area (TPSA) is 78.9 Å². The Morgan fingerprint density at radius 2 is 0.619 bits per heavy atom. The zero-order valence-corrected chi connectivity index (χ0v) is 40.5. The summed E-state index contributed by atoms with van der Waals surface area (Å²) < 4.78 is 16.6. The standard InChI is InChI=1S/C57H92O6/c1-4-7-10-13-15-17-18-19-20-21-22-23-24-25-26-27-28-29-30-31-32-33-34-35-36-37-38-40-41-44-47-50-56(59)62-53-54(52-61-55(58)49-46-43-12-9-6-3)63-57(60)51-48-45-42-39-16-14-11-8-5-2/h7,10,15,17,19-20,22-23,25-26,28-29,31-32,34-35,37-38,54H,4-6,8-9,11-14,16,18,21,24,27,30,33,36,39-53H2,1-3H3/b10-7-,17-15-,20-19-,23-22-,26-25-,29-28-,32-31-,35-34-,38-37-. The highest BCUT2D eigenvalue weighted by atomic mass is 16.6. The first-order valence-corrected chi connectivity index (χ1v) is 25.4. The van der Waals surface area contributed by atoms with Gasteiger partial charge >= 0.3 is 17.9 Å². The number of rotatable bonds is 44. The summed E-state index contributed by atoms with van der Waals surface area (Å²) in [4.78, 5) is 37.5. The average Bonchev–Trinajstić information content (AvgIpc) is 3.28. The molecule has 0 heterocycles. The third kappa shape index (κ3) is 49.0. The highest BCUT2D eigenvalue weighted by molar-refractivity contribution is 5.71. The smallest absolute Gasteiger partial charge is 0.306 e. The number of unbranched alkanes of at least 4 members (excludes halogenated alkanes) is 15. The number of hydrogen-bond donors (Lipinski definition) is 0. The van der Waals surface area contributed by atoms with Crippen LogP contribution in [-0.2, 0) is 28.6 Å². The SMILES string of the molecule is CC/C=C\C/C=C\C/C=C\C/C=C\C/C=C\C/C=C\C/C=C\C/C=C\C/C=C\CCCCCC(=O)OCC(COC(=O)CCCCCCC)OC(=O)CCCCCCCCCCC. The highest BCUT2D eigenvalue weighted by Crippen LogP contribution is 2.13. The van der Waals surface area contributed by atoms with E-state index in [1.54, 1.807) is 0 Å². The van der Waals surface area contributed by atoms with Crippen LogP contribution >= 0.6 is 0 Å². The van der Waals surface area contributed by atoms with E-state index in [0.717, 1.165) is 128 Å². The average molecular weight is 873 g/mol. The van der Waals surface area contributed by atoms with Gasteiger partial charge in [0.15, 0.2) is 6.10 Å². The van der Waals surface area contributed by atoms with Gasteiger partial charge in [-0.1, -0.05) is 214 Å². The highest BCUT2D eigenvalue weighted by Gasteiger charge is 2.19. The van der Waals surface area contributed by atoms with Gasteiger partial charge in [-0.25, -0.2) is 0 Å². The zero-order valence-electron chi connectivity index (χ0n) is 40.5. The lowest BCUT2D eigenvalue weighted by molar-refractivity contribution is -0.167.